The number of carbonyl (C=O) groups excluding carboxylic acids is 1. The first-order chi connectivity index (χ1) is 18.5. The molecule has 2 aromatic carbocycles. The summed E-state index contributed by atoms with van der Waals surface area (Å²) in [4.78, 5) is 18.6. The molecule has 1 aliphatic heterocycles. The third kappa shape index (κ3) is 9.93. The van der Waals surface area contributed by atoms with E-state index in [-0.39, 0.29) is 18.6 Å². The molecule has 4 heteroatoms. The van der Waals surface area contributed by atoms with Gasteiger partial charge in [-0.1, -0.05) is 69.7 Å². The largest absolute Gasteiger partial charge is 0.396 e. The Kier molecular flexibility index (Phi) is 12.9. The van der Waals surface area contributed by atoms with Gasteiger partial charge in [-0.3, -0.25) is 4.79 Å². The van der Waals surface area contributed by atoms with Crippen molar-refractivity contribution in [1.29, 1.82) is 0 Å². The van der Waals surface area contributed by atoms with Gasteiger partial charge in [-0.2, -0.15) is 0 Å². The van der Waals surface area contributed by atoms with Gasteiger partial charge < -0.3 is 14.9 Å². The predicted molar refractivity (Wildman–Crippen MR) is 158 cm³/mol. The Balaban J connectivity index is 1.75. The number of hydrogen-bond donors (Lipinski definition) is 1. The monoisotopic (exact) mass is 516 g/mol. The quantitative estimate of drug-likeness (QED) is 0.238. The Morgan fingerprint density at radius 2 is 1.82 bits per heavy atom. The number of aliphatic hydroxyl groups excluding tert-OH is 1. The van der Waals surface area contributed by atoms with Gasteiger partial charge in [0.15, 0.2) is 0 Å². The van der Waals surface area contributed by atoms with Crippen molar-refractivity contribution in [3.63, 3.8) is 0 Å². The highest BCUT2D eigenvalue weighted by atomic mass is 16.2. The topological polar surface area (TPSA) is 43.8 Å². The van der Waals surface area contributed by atoms with E-state index in [1.807, 2.05) is 24.3 Å². The second-order valence-electron chi connectivity index (χ2n) is 11.2. The normalized spacial score (nSPS) is 14.3. The molecule has 0 saturated carbocycles. The van der Waals surface area contributed by atoms with E-state index in [0.717, 1.165) is 61.5 Å². The standard InChI is InChI=1S/C34H48N2O2/c1-4-5-7-11-29-15-17-32(18-16-29)34(38)36(33-20-23-35(24-21-33)22-19-28(2)3)27-31-14-10-13-30(26-31)12-8-6-9-25-37/h10,13-18,26,28,33,37H,4-7,9,11,19-25,27H2,1-3H3. The van der Waals surface area contributed by atoms with Crippen molar-refractivity contribution in [2.75, 3.05) is 26.2 Å². The number of amides is 1. The van der Waals surface area contributed by atoms with Crippen LogP contribution in [0, 0.1) is 17.8 Å². The minimum atomic E-state index is 0.130. The van der Waals surface area contributed by atoms with Gasteiger partial charge in [-0.25, -0.2) is 0 Å². The van der Waals surface area contributed by atoms with E-state index in [1.165, 1.54) is 31.2 Å². The summed E-state index contributed by atoms with van der Waals surface area (Å²) in [7, 11) is 0. The molecule has 1 heterocycles. The lowest BCUT2D eigenvalue weighted by Gasteiger charge is -2.39. The van der Waals surface area contributed by atoms with Crippen LogP contribution < -0.4 is 0 Å². The van der Waals surface area contributed by atoms with Gasteiger partial charge >= 0.3 is 0 Å². The zero-order valence-corrected chi connectivity index (χ0v) is 23.9. The maximum absolute atomic E-state index is 13.9. The third-order valence-corrected chi connectivity index (χ3v) is 7.52. The summed E-state index contributed by atoms with van der Waals surface area (Å²) in [5, 5.41) is 9.00. The number of likely N-dealkylation sites (tertiary alicyclic amines) is 1. The second kappa shape index (κ2) is 16.4. The van der Waals surface area contributed by atoms with Crippen molar-refractivity contribution >= 4 is 5.91 Å². The molecule has 4 nitrogen and oxygen atoms in total. The summed E-state index contributed by atoms with van der Waals surface area (Å²) >= 11 is 0. The highest BCUT2D eigenvalue weighted by molar-refractivity contribution is 5.94. The smallest absolute Gasteiger partial charge is 0.254 e. The fraction of sp³-hybridized carbons (Fsp3) is 0.559. The number of unbranched alkanes of at least 4 members (excludes halogenated alkanes) is 3. The average molecular weight is 517 g/mol. The van der Waals surface area contributed by atoms with Crippen molar-refractivity contribution < 1.29 is 9.90 Å². The molecule has 1 N–H and O–H groups in total. The van der Waals surface area contributed by atoms with Crippen LogP contribution in [0.25, 0.3) is 0 Å². The van der Waals surface area contributed by atoms with Gasteiger partial charge in [-0.05, 0) is 86.4 Å². The molecule has 206 valence electrons. The number of aliphatic hydroxyl groups is 1. The van der Waals surface area contributed by atoms with E-state index in [0.29, 0.717) is 19.4 Å². The van der Waals surface area contributed by atoms with Crippen molar-refractivity contribution in [1.82, 2.24) is 9.80 Å². The van der Waals surface area contributed by atoms with Crippen LogP contribution in [0.3, 0.4) is 0 Å². The Labute approximate surface area is 231 Å². The van der Waals surface area contributed by atoms with Gasteiger partial charge in [-0.15, -0.1) is 0 Å². The first kappa shape index (κ1) is 29.9. The number of nitrogens with zero attached hydrogens (tertiary/aromatic N) is 2. The average Bonchev–Trinajstić information content (AvgIpc) is 2.94. The minimum absolute atomic E-state index is 0.130. The highest BCUT2D eigenvalue weighted by Gasteiger charge is 2.29. The van der Waals surface area contributed by atoms with Gasteiger partial charge in [0.25, 0.3) is 5.91 Å². The van der Waals surface area contributed by atoms with Crippen LogP contribution in [-0.2, 0) is 13.0 Å². The molecule has 1 saturated heterocycles. The molecule has 0 bridgehead atoms. The third-order valence-electron chi connectivity index (χ3n) is 7.52. The zero-order valence-electron chi connectivity index (χ0n) is 23.9. The van der Waals surface area contributed by atoms with Crippen LogP contribution in [0.15, 0.2) is 48.5 Å². The van der Waals surface area contributed by atoms with Gasteiger partial charge in [0.05, 0.1) is 0 Å². The number of benzene rings is 2. The zero-order chi connectivity index (χ0) is 27.2. The highest BCUT2D eigenvalue weighted by Crippen LogP contribution is 2.23. The van der Waals surface area contributed by atoms with Crippen LogP contribution in [-0.4, -0.2) is 53.1 Å². The molecule has 3 rings (SSSR count). The number of rotatable bonds is 13. The first-order valence-electron chi connectivity index (χ1n) is 14.8. The van der Waals surface area contributed by atoms with Crippen molar-refractivity contribution in [3.8, 4) is 11.8 Å². The van der Waals surface area contributed by atoms with Crippen LogP contribution in [0.4, 0.5) is 0 Å². The Morgan fingerprint density at radius 3 is 2.50 bits per heavy atom. The fourth-order valence-electron chi connectivity index (χ4n) is 5.10. The summed E-state index contributed by atoms with van der Waals surface area (Å²) in [6.07, 6.45) is 9.38. The first-order valence-corrected chi connectivity index (χ1v) is 14.8. The molecule has 1 fully saturated rings. The molecule has 2 aromatic rings. The summed E-state index contributed by atoms with van der Waals surface area (Å²) in [5.41, 5.74) is 4.18. The van der Waals surface area contributed by atoms with E-state index in [1.54, 1.807) is 0 Å². The fourth-order valence-corrected chi connectivity index (χ4v) is 5.10. The van der Waals surface area contributed by atoms with Gasteiger partial charge in [0.1, 0.15) is 0 Å². The molecule has 0 radical (unpaired) electrons. The molecular weight excluding hydrogens is 468 g/mol. The molecule has 0 aliphatic carbocycles. The van der Waals surface area contributed by atoms with Crippen molar-refractivity contribution in [2.24, 2.45) is 5.92 Å². The predicted octanol–water partition coefficient (Wildman–Crippen LogP) is 6.70. The van der Waals surface area contributed by atoms with E-state index in [9.17, 15) is 4.79 Å². The molecule has 0 atom stereocenters. The number of piperidine rings is 1. The number of hydrogen-bond acceptors (Lipinski definition) is 3. The van der Waals surface area contributed by atoms with Crippen LogP contribution in [0.5, 0.6) is 0 Å². The van der Waals surface area contributed by atoms with Crippen molar-refractivity contribution in [2.45, 2.75) is 91.1 Å². The summed E-state index contributed by atoms with van der Waals surface area (Å²) < 4.78 is 0. The number of aryl methyl sites for hydroxylation is 1. The van der Waals surface area contributed by atoms with E-state index in [2.05, 4.69) is 66.7 Å². The van der Waals surface area contributed by atoms with Crippen LogP contribution in [0.2, 0.25) is 0 Å². The second-order valence-corrected chi connectivity index (χ2v) is 11.2. The molecule has 1 aliphatic rings. The maximum atomic E-state index is 13.9. The Hall–Kier alpha value is -2.61. The molecule has 0 aromatic heterocycles. The minimum Gasteiger partial charge on any atom is -0.396 e. The summed E-state index contributed by atoms with van der Waals surface area (Å²) in [6, 6.07) is 16.8. The Bertz CT molecular complexity index is 1030. The van der Waals surface area contributed by atoms with Gasteiger partial charge in [0, 0.05) is 49.8 Å². The van der Waals surface area contributed by atoms with E-state index >= 15 is 0 Å². The van der Waals surface area contributed by atoms with Crippen LogP contribution >= 0.6 is 0 Å². The van der Waals surface area contributed by atoms with E-state index in [4.69, 9.17) is 5.11 Å². The van der Waals surface area contributed by atoms with E-state index < -0.39 is 0 Å². The molecule has 0 unspecified atom stereocenters. The molecule has 38 heavy (non-hydrogen) atoms. The van der Waals surface area contributed by atoms with Crippen LogP contribution in [0.1, 0.15) is 99.2 Å². The van der Waals surface area contributed by atoms with Crippen molar-refractivity contribution in [3.05, 3.63) is 70.8 Å². The van der Waals surface area contributed by atoms with Gasteiger partial charge in [0.2, 0.25) is 0 Å². The maximum Gasteiger partial charge on any atom is 0.254 e. The molecule has 1 amide bonds. The summed E-state index contributed by atoms with van der Waals surface area (Å²) in [6.45, 7) is 10.8. The number of carbonyl (C=O) groups is 1. The lowest BCUT2D eigenvalue weighted by Crippen LogP contribution is -2.47. The summed E-state index contributed by atoms with van der Waals surface area (Å²) in [5.74, 6) is 7.21. The Morgan fingerprint density at radius 1 is 1.05 bits per heavy atom. The molecular formula is C34H48N2O2. The SMILES string of the molecule is CCCCCc1ccc(C(=O)N(Cc2cccc(C#CCCCO)c2)C2CCN(CCC(C)C)CC2)cc1. The lowest BCUT2D eigenvalue weighted by molar-refractivity contribution is 0.0546. The lowest BCUT2D eigenvalue weighted by atomic mass is 9.99. The molecule has 0 spiro atoms.